The molecule has 0 bridgehead atoms. The predicted octanol–water partition coefficient (Wildman–Crippen LogP) is 2.49. The van der Waals surface area contributed by atoms with Crippen LogP contribution in [-0.4, -0.2) is 36.1 Å². The highest BCUT2D eigenvalue weighted by atomic mass is 16.5. The maximum absolute atomic E-state index is 10.4. The summed E-state index contributed by atoms with van der Waals surface area (Å²) in [4.78, 5) is 0. The zero-order valence-electron chi connectivity index (χ0n) is 11.8. The van der Waals surface area contributed by atoms with Crippen LogP contribution in [0.3, 0.4) is 0 Å². The van der Waals surface area contributed by atoms with Gasteiger partial charge in [0.05, 0.1) is 12.7 Å². The highest BCUT2D eigenvalue weighted by molar-refractivity contribution is 5.73. The van der Waals surface area contributed by atoms with Gasteiger partial charge < -0.3 is 24.4 Å². The van der Waals surface area contributed by atoms with Crippen molar-refractivity contribution in [3.8, 4) is 11.5 Å². The summed E-state index contributed by atoms with van der Waals surface area (Å²) in [5.41, 5.74) is 0.477. The van der Waals surface area contributed by atoms with Crippen molar-refractivity contribution in [3.05, 3.63) is 29.5 Å². The fraction of sp³-hybridized carbons (Fsp3) is 0.467. The molecule has 0 aliphatic carbocycles. The molecule has 2 rings (SSSR count). The molecule has 2 N–H and O–H groups in total. The third-order valence-corrected chi connectivity index (χ3v) is 3.11. The highest BCUT2D eigenvalue weighted by Gasteiger charge is 2.25. The van der Waals surface area contributed by atoms with Crippen LogP contribution in [0.4, 0.5) is 0 Å². The first-order chi connectivity index (χ1) is 9.67. The van der Waals surface area contributed by atoms with Gasteiger partial charge in [0.25, 0.3) is 0 Å². The average molecular weight is 280 g/mol. The van der Waals surface area contributed by atoms with Crippen molar-refractivity contribution < 1.29 is 24.4 Å². The van der Waals surface area contributed by atoms with E-state index in [1.807, 2.05) is 13.8 Å². The predicted molar refractivity (Wildman–Crippen MR) is 74.9 cm³/mol. The summed E-state index contributed by atoms with van der Waals surface area (Å²) in [6, 6.07) is 5.26. The Morgan fingerprint density at radius 3 is 2.90 bits per heavy atom. The number of benzene rings is 1. The van der Waals surface area contributed by atoms with Gasteiger partial charge in [-0.1, -0.05) is 13.0 Å². The van der Waals surface area contributed by atoms with Crippen molar-refractivity contribution in [1.29, 1.82) is 0 Å². The molecule has 110 valence electrons. The van der Waals surface area contributed by atoms with Crippen LogP contribution in [0.5, 0.6) is 11.5 Å². The van der Waals surface area contributed by atoms with Gasteiger partial charge in [0.1, 0.15) is 30.3 Å². The van der Waals surface area contributed by atoms with E-state index in [1.54, 1.807) is 18.2 Å². The van der Waals surface area contributed by atoms with Gasteiger partial charge in [0.15, 0.2) is 11.5 Å². The lowest BCUT2D eigenvalue weighted by molar-refractivity contribution is 0.0956. The molecular formula is C15H20O5. The van der Waals surface area contributed by atoms with E-state index in [1.165, 1.54) is 0 Å². The minimum atomic E-state index is -0.0920. The largest absolute Gasteiger partial charge is 0.504 e. The van der Waals surface area contributed by atoms with Crippen molar-refractivity contribution in [2.24, 2.45) is 0 Å². The Morgan fingerprint density at radius 1 is 1.40 bits per heavy atom. The zero-order chi connectivity index (χ0) is 14.5. The normalized spacial score (nSPS) is 15.3. The molecule has 0 aromatic heterocycles. The molecule has 0 radical (unpaired) electrons. The third kappa shape index (κ3) is 2.99. The van der Waals surface area contributed by atoms with E-state index in [0.29, 0.717) is 22.8 Å². The summed E-state index contributed by atoms with van der Waals surface area (Å²) >= 11 is 0. The van der Waals surface area contributed by atoms with Gasteiger partial charge in [0, 0.05) is 0 Å². The van der Waals surface area contributed by atoms with Crippen molar-refractivity contribution in [1.82, 2.24) is 0 Å². The molecule has 0 amide bonds. The summed E-state index contributed by atoms with van der Waals surface area (Å²) in [6.45, 7) is 4.21. The van der Waals surface area contributed by atoms with E-state index in [2.05, 4.69) is 0 Å². The Balaban J connectivity index is 2.33. The summed E-state index contributed by atoms with van der Waals surface area (Å²) in [5, 5.41) is 19.2. The lowest BCUT2D eigenvalue weighted by Gasteiger charge is -2.24. The maximum atomic E-state index is 10.4. The fourth-order valence-corrected chi connectivity index (χ4v) is 1.91. The number of fused-ring (bicyclic) bond motifs is 1. The molecule has 0 saturated heterocycles. The van der Waals surface area contributed by atoms with Crippen molar-refractivity contribution in [2.45, 2.75) is 26.4 Å². The highest BCUT2D eigenvalue weighted by Crippen LogP contribution is 2.38. The molecule has 1 aromatic carbocycles. The molecule has 0 saturated carbocycles. The Labute approximate surface area is 118 Å². The van der Waals surface area contributed by atoms with Crippen LogP contribution in [-0.2, 0) is 4.74 Å². The molecule has 20 heavy (non-hydrogen) atoms. The van der Waals surface area contributed by atoms with Crippen LogP contribution in [0.2, 0.25) is 0 Å². The number of aliphatic hydroxyl groups excluding tert-OH is 2. The molecule has 1 aliphatic heterocycles. The minimum absolute atomic E-state index is 0.00261. The third-order valence-electron chi connectivity index (χ3n) is 3.11. The zero-order valence-corrected chi connectivity index (χ0v) is 11.8. The van der Waals surface area contributed by atoms with Crippen molar-refractivity contribution in [2.75, 3.05) is 19.8 Å². The lowest BCUT2D eigenvalue weighted by Crippen LogP contribution is -2.18. The van der Waals surface area contributed by atoms with E-state index < -0.39 is 0 Å². The Hall–Kier alpha value is -1.88. The van der Waals surface area contributed by atoms with Gasteiger partial charge in [-0.25, -0.2) is 0 Å². The number of hydrogen-bond donors (Lipinski definition) is 2. The van der Waals surface area contributed by atoms with E-state index in [0.717, 1.165) is 6.42 Å². The molecule has 1 aliphatic rings. The van der Waals surface area contributed by atoms with E-state index in [9.17, 15) is 5.11 Å². The molecule has 1 unspecified atom stereocenters. The molecule has 5 heteroatoms. The summed E-state index contributed by atoms with van der Waals surface area (Å²) in [7, 11) is 0. The summed E-state index contributed by atoms with van der Waals surface area (Å²) in [5.74, 6) is 1.47. The van der Waals surface area contributed by atoms with Crippen molar-refractivity contribution in [3.63, 3.8) is 0 Å². The Bertz CT molecular complexity index is 495. The molecule has 0 fully saturated rings. The summed E-state index contributed by atoms with van der Waals surface area (Å²) in [6.07, 6.45) is 0.842. The van der Waals surface area contributed by atoms with Gasteiger partial charge in [-0.05, 0) is 25.5 Å². The second-order valence-electron chi connectivity index (χ2n) is 4.60. The Morgan fingerprint density at radius 2 is 2.20 bits per heavy atom. The smallest absolute Gasteiger partial charge is 0.176 e. The first kappa shape index (κ1) is 14.5. The lowest BCUT2D eigenvalue weighted by atomic mass is 10.1. The monoisotopic (exact) mass is 280 g/mol. The standard InChI is InChI=1S/C15H20O5/c1-3-10(2)20-13-9-19-12-6-4-5-11(18-8-7-16)14(12)15(13)17/h4-6,10,16-17H,3,7-9H2,1-2H3. The number of aliphatic hydroxyl groups is 2. The topological polar surface area (TPSA) is 68.2 Å². The van der Waals surface area contributed by atoms with Crippen LogP contribution < -0.4 is 9.47 Å². The van der Waals surface area contributed by atoms with Gasteiger partial charge in [-0.2, -0.15) is 0 Å². The van der Waals surface area contributed by atoms with Gasteiger partial charge in [-0.3, -0.25) is 0 Å². The van der Waals surface area contributed by atoms with Gasteiger partial charge in [0.2, 0.25) is 0 Å². The van der Waals surface area contributed by atoms with E-state index in [-0.39, 0.29) is 31.7 Å². The minimum Gasteiger partial charge on any atom is -0.504 e. The maximum Gasteiger partial charge on any atom is 0.176 e. The first-order valence-corrected chi connectivity index (χ1v) is 6.76. The van der Waals surface area contributed by atoms with Gasteiger partial charge in [-0.15, -0.1) is 0 Å². The second kappa shape index (κ2) is 6.52. The quantitative estimate of drug-likeness (QED) is 0.838. The molecule has 1 atom stereocenters. The van der Waals surface area contributed by atoms with E-state index in [4.69, 9.17) is 19.3 Å². The van der Waals surface area contributed by atoms with Gasteiger partial charge >= 0.3 is 0 Å². The van der Waals surface area contributed by atoms with Crippen molar-refractivity contribution >= 4 is 5.76 Å². The number of rotatable bonds is 6. The number of hydrogen-bond acceptors (Lipinski definition) is 5. The van der Waals surface area contributed by atoms with Crippen LogP contribution in [0.1, 0.15) is 25.8 Å². The van der Waals surface area contributed by atoms with Crippen LogP contribution in [0.25, 0.3) is 5.76 Å². The average Bonchev–Trinajstić information content (AvgIpc) is 2.47. The fourth-order valence-electron chi connectivity index (χ4n) is 1.91. The molecular weight excluding hydrogens is 260 g/mol. The van der Waals surface area contributed by atoms with Crippen LogP contribution in [0, 0.1) is 0 Å². The molecule has 0 spiro atoms. The molecule has 1 heterocycles. The first-order valence-electron chi connectivity index (χ1n) is 6.76. The number of ether oxygens (including phenoxy) is 3. The summed E-state index contributed by atoms with van der Waals surface area (Å²) < 4.78 is 16.7. The molecule has 1 aromatic rings. The van der Waals surface area contributed by atoms with Crippen LogP contribution >= 0.6 is 0 Å². The van der Waals surface area contributed by atoms with E-state index >= 15 is 0 Å². The van der Waals surface area contributed by atoms with Crippen LogP contribution in [0.15, 0.2) is 24.0 Å². The molecule has 5 nitrogen and oxygen atoms in total. The SMILES string of the molecule is CCC(C)OC1=C(O)c2c(OCCO)cccc2OC1. The second-order valence-corrected chi connectivity index (χ2v) is 4.60. The Kier molecular flexibility index (Phi) is 4.74.